The van der Waals surface area contributed by atoms with Crippen LogP contribution in [0, 0.1) is 11.3 Å². The summed E-state index contributed by atoms with van der Waals surface area (Å²) < 4.78 is 0. The number of nitriles is 1. The van der Waals surface area contributed by atoms with Crippen molar-refractivity contribution in [3.8, 4) is 6.07 Å². The van der Waals surface area contributed by atoms with Crippen molar-refractivity contribution >= 4 is 0 Å². The maximum absolute atomic E-state index is 9.14. The quantitative estimate of drug-likeness (QED) is 0.837. The maximum Gasteiger partial charge on any atom is 0.101 e. The van der Waals surface area contributed by atoms with E-state index in [1.165, 1.54) is 11.1 Å². The van der Waals surface area contributed by atoms with Gasteiger partial charge in [0.05, 0.1) is 11.6 Å². The van der Waals surface area contributed by atoms with Gasteiger partial charge in [-0.25, -0.2) is 0 Å². The molecular weight excluding hydrogens is 256 g/mol. The molecule has 1 aliphatic rings. The first kappa shape index (κ1) is 13.2. The Bertz CT molecular complexity index is 693. The summed E-state index contributed by atoms with van der Waals surface area (Å²) in [6.45, 7) is 0.788. The topological polar surface area (TPSA) is 27.0 Å². The number of hydrogen-bond acceptors (Lipinski definition) is 2. The lowest BCUT2D eigenvalue weighted by Gasteiger charge is -2.31. The van der Waals surface area contributed by atoms with Crippen molar-refractivity contribution < 1.29 is 0 Å². The lowest BCUT2D eigenvalue weighted by atomic mass is 10.0. The average molecular weight is 272 g/mol. The third-order valence-corrected chi connectivity index (χ3v) is 3.60. The van der Waals surface area contributed by atoms with E-state index in [0.717, 1.165) is 6.54 Å². The molecule has 0 N–H and O–H groups in total. The van der Waals surface area contributed by atoms with Crippen molar-refractivity contribution in [2.75, 3.05) is 0 Å². The number of nitrogens with zero attached hydrogens (tertiary/aromatic N) is 2. The van der Waals surface area contributed by atoms with Crippen molar-refractivity contribution in [3.05, 3.63) is 95.7 Å². The summed E-state index contributed by atoms with van der Waals surface area (Å²) >= 11 is 0. The molecule has 3 rings (SSSR count). The molecule has 0 saturated heterocycles. The summed E-state index contributed by atoms with van der Waals surface area (Å²) in [4.78, 5) is 2.21. The molecule has 1 atom stereocenters. The van der Waals surface area contributed by atoms with E-state index >= 15 is 0 Å². The Hall–Kier alpha value is -2.79. The molecule has 1 heterocycles. The van der Waals surface area contributed by atoms with Gasteiger partial charge in [-0.2, -0.15) is 5.26 Å². The summed E-state index contributed by atoms with van der Waals surface area (Å²) in [5, 5.41) is 9.14. The van der Waals surface area contributed by atoms with Crippen LogP contribution >= 0.6 is 0 Å². The fraction of sp³-hybridized carbons (Fsp3) is 0.105. The van der Waals surface area contributed by atoms with E-state index in [1.807, 2.05) is 48.7 Å². The van der Waals surface area contributed by atoms with Crippen molar-refractivity contribution in [1.29, 1.82) is 5.26 Å². The van der Waals surface area contributed by atoms with Gasteiger partial charge in [-0.15, -0.1) is 0 Å². The number of allylic oxidation sites excluding steroid dienone is 2. The Balaban J connectivity index is 1.90. The highest BCUT2D eigenvalue weighted by Gasteiger charge is 2.19. The Morgan fingerprint density at radius 3 is 2.29 bits per heavy atom. The molecule has 2 aromatic rings. The molecule has 0 spiro atoms. The monoisotopic (exact) mass is 272 g/mol. The van der Waals surface area contributed by atoms with E-state index in [-0.39, 0.29) is 6.04 Å². The molecule has 0 saturated carbocycles. The Labute approximate surface area is 125 Å². The van der Waals surface area contributed by atoms with Gasteiger partial charge >= 0.3 is 0 Å². The van der Waals surface area contributed by atoms with Gasteiger partial charge in [0.1, 0.15) is 6.07 Å². The first-order valence-electron chi connectivity index (χ1n) is 7.01. The molecule has 102 valence electrons. The van der Waals surface area contributed by atoms with Crippen LogP contribution in [0.15, 0.2) is 84.6 Å². The second-order valence-electron chi connectivity index (χ2n) is 5.07. The largest absolute Gasteiger partial charge is 0.361 e. The van der Waals surface area contributed by atoms with Gasteiger partial charge in [-0.1, -0.05) is 66.7 Å². The predicted molar refractivity (Wildman–Crippen MR) is 84.0 cm³/mol. The highest BCUT2D eigenvalue weighted by Crippen LogP contribution is 2.28. The highest BCUT2D eigenvalue weighted by molar-refractivity contribution is 5.39. The molecule has 0 unspecified atom stereocenters. The van der Waals surface area contributed by atoms with Crippen LogP contribution in [0.5, 0.6) is 0 Å². The zero-order chi connectivity index (χ0) is 14.5. The molecule has 21 heavy (non-hydrogen) atoms. The van der Waals surface area contributed by atoms with E-state index in [4.69, 9.17) is 5.26 Å². The molecule has 1 aliphatic heterocycles. The zero-order valence-corrected chi connectivity index (χ0v) is 11.7. The summed E-state index contributed by atoms with van der Waals surface area (Å²) in [5.41, 5.74) is 3.17. The zero-order valence-electron chi connectivity index (χ0n) is 11.7. The van der Waals surface area contributed by atoms with Crippen LogP contribution in [-0.4, -0.2) is 4.90 Å². The van der Waals surface area contributed by atoms with Crippen LogP contribution < -0.4 is 0 Å². The van der Waals surface area contributed by atoms with E-state index < -0.39 is 0 Å². The van der Waals surface area contributed by atoms with Gasteiger partial charge in [-0.05, 0) is 17.2 Å². The SMILES string of the molecule is N#CC1=CN(Cc2ccccc2)[C@@H](c2ccccc2)C=C1. The minimum absolute atomic E-state index is 0.170. The van der Waals surface area contributed by atoms with Crippen molar-refractivity contribution in [2.45, 2.75) is 12.6 Å². The average Bonchev–Trinajstić information content (AvgIpc) is 2.56. The van der Waals surface area contributed by atoms with Crippen molar-refractivity contribution in [1.82, 2.24) is 4.90 Å². The van der Waals surface area contributed by atoms with E-state index in [1.54, 1.807) is 0 Å². The minimum Gasteiger partial charge on any atom is -0.361 e. The first-order valence-corrected chi connectivity index (χ1v) is 7.01. The van der Waals surface area contributed by atoms with Gasteiger partial charge in [0.2, 0.25) is 0 Å². The van der Waals surface area contributed by atoms with Crippen molar-refractivity contribution in [2.24, 2.45) is 0 Å². The van der Waals surface area contributed by atoms with Gasteiger partial charge < -0.3 is 4.90 Å². The molecule has 0 bridgehead atoms. The lowest BCUT2D eigenvalue weighted by molar-refractivity contribution is 0.311. The number of rotatable bonds is 3. The number of benzene rings is 2. The van der Waals surface area contributed by atoms with E-state index in [0.29, 0.717) is 5.57 Å². The summed E-state index contributed by atoms with van der Waals surface area (Å²) in [5.74, 6) is 0. The molecule has 0 aliphatic carbocycles. The fourth-order valence-electron chi connectivity index (χ4n) is 2.56. The predicted octanol–water partition coefficient (Wildman–Crippen LogP) is 4.21. The standard InChI is InChI=1S/C19H16N2/c20-13-17-11-12-19(18-9-5-2-6-10-18)21(15-17)14-16-7-3-1-4-8-16/h1-12,15,19H,14H2/t19-/m1/s1. The highest BCUT2D eigenvalue weighted by atomic mass is 15.1. The first-order chi connectivity index (χ1) is 10.4. The third-order valence-electron chi connectivity index (χ3n) is 3.60. The normalized spacial score (nSPS) is 17.2. The molecule has 0 amide bonds. The Morgan fingerprint density at radius 2 is 1.62 bits per heavy atom. The molecule has 0 aromatic heterocycles. The van der Waals surface area contributed by atoms with Crippen LogP contribution in [0.25, 0.3) is 0 Å². The van der Waals surface area contributed by atoms with Crippen LogP contribution in [0.3, 0.4) is 0 Å². The molecule has 0 radical (unpaired) electrons. The second-order valence-corrected chi connectivity index (χ2v) is 5.07. The molecular formula is C19H16N2. The molecule has 2 aromatic carbocycles. The smallest absolute Gasteiger partial charge is 0.101 e. The van der Waals surface area contributed by atoms with Crippen LogP contribution in [0.4, 0.5) is 0 Å². The summed E-state index contributed by atoms with van der Waals surface area (Å²) in [7, 11) is 0. The van der Waals surface area contributed by atoms with Gasteiger partial charge in [0.25, 0.3) is 0 Å². The van der Waals surface area contributed by atoms with Gasteiger partial charge in [-0.3, -0.25) is 0 Å². The number of hydrogen-bond donors (Lipinski definition) is 0. The molecule has 0 fully saturated rings. The van der Waals surface area contributed by atoms with E-state index in [9.17, 15) is 0 Å². The Kier molecular flexibility index (Phi) is 3.84. The fourth-order valence-corrected chi connectivity index (χ4v) is 2.56. The summed E-state index contributed by atoms with van der Waals surface area (Å²) in [6.07, 6.45) is 5.95. The van der Waals surface area contributed by atoms with Gasteiger partial charge in [0.15, 0.2) is 0 Å². The summed E-state index contributed by atoms with van der Waals surface area (Å²) in [6, 6.07) is 23.1. The van der Waals surface area contributed by atoms with Crippen LogP contribution in [0.1, 0.15) is 17.2 Å². The van der Waals surface area contributed by atoms with Crippen molar-refractivity contribution in [3.63, 3.8) is 0 Å². The van der Waals surface area contributed by atoms with Crippen LogP contribution in [0.2, 0.25) is 0 Å². The Morgan fingerprint density at radius 1 is 0.952 bits per heavy atom. The maximum atomic E-state index is 9.14. The molecule has 2 heteroatoms. The minimum atomic E-state index is 0.170. The second kappa shape index (κ2) is 6.11. The third kappa shape index (κ3) is 3.04. The van der Waals surface area contributed by atoms with Gasteiger partial charge in [0, 0.05) is 12.7 Å². The van der Waals surface area contributed by atoms with E-state index in [2.05, 4.69) is 41.3 Å². The molecule has 2 nitrogen and oxygen atoms in total. The van der Waals surface area contributed by atoms with Crippen LogP contribution in [-0.2, 0) is 6.54 Å². The lowest BCUT2D eigenvalue weighted by Crippen LogP contribution is -2.24.